The van der Waals surface area contributed by atoms with Gasteiger partial charge in [-0.1, -0.05) is 12.1 Å². The molecule has 1 aromatic heterocycles. The second-order valence-corrected chi connectivity index (χ2v) is 3.17. The summed E-state index contributed by atoms with van der Waals surface area (Å²) >= 11 is 0. The average molecular weight is 273 g/mol. The highest BCUT2D eigenvalue weighted by Crippen LogP contribution is 2.27. The van der Waals surface area contributed by atoms with E-state index in [1.165, 1.54) is 0 Å². The summed E-state index contributed by atoms with van der Waals surface area (Å²) in [5.41, 5.74) is 8.28. The number of nitrogens with two attached hydrogens (primary N) is 1. The highest BCUT2D eigenvalue weighted by Gasteiger charge is 2.03. The fourth-order valence-electron chi connectivity index (χ4n) is 1.40. The zero-order valence-corrected chi connectivity index (χ0v) is 10.9. The molecule has 0 radical (unpaired) electrons. The Morgan fingerprint density at radius 1 is 1.12 bits per heavy atom. The molecular weight excluding hydrogens is 259 g/mol. The van der Waals surface area contributed by atoms with Crippen LogP contribution in [0.15, 0.2) is 42.6 Å². The minimum atomic E-state index is 0. The van der Waals surface area contributed by atoms with Crippen molar-refractivity contribution in [2.45, 2.75) is 0 Å². The van der Waals surface area contributed by atoms with Crippen LogP contribution in [0.3, 0.4) is 0 Å². The van der Waals surface area contributed by atoms with Gasteiger partial charge in [-0.25, -0.2) is 0 Å². The first kappa shape index (κ1) is 15.6. The third-order valence-electron chi connectivity index (χ3n) is 2.19. The molecule has 0 bridgehead atoms. The molecule has 0 spiro atoms. The van der Waals surface area contributed by atoms with E-state index in [4.69, 9.17) is 10.5 Å². The predicted octanol–water partition coefficient (Wildman–Crippen LogP) is 3.18. The number of anilines is 1. The van der Waals surface area contributed by atoms with Crippen LogP contribution in [0.5, 0.6) is 5.75 Å². The van der Waals surface area contributed by atoms with Gasteiger partial charge in [0.2, 0.25) is 0 Å². The van der Waals surface area contributed by atoms with E-state index in [2.05, 4.69) is 4.98 Å². The number of rotatable bonds is 2. The van der Waals surface area contributed by atoms with Crippen LogP contribution >= 0.6 is 24.8 Å². The van der Waals surface area contributed by atoms with Crippen molar-refractivity contribution in [3.63, 3.8) is 0 Å². The topological polar surface area (TPSA) is 48.1 Å². The van der Waals surface area contributed by atoms with E-state index in [0.717, 1.165) is 11.3 Å². The van der Waals surface area contributed by atoms with Gasteiger partial charge >= 0.3 is 0 Å². The minimum Gasteiger partial charge on any atom is -0.495 e. The smallest absolute Gasteiger partial charge is 0.142 e. The van der Waals surface area contributed by atoms with Crippen molar-refractivity contribution < 1.29 is 4.74 Å². The van der Waals surface area contributed by atoms with Crippen LogP contribution < -0.4 is 10.5 Å². The Kier molecular flexibility index (Phi) is 6.39. The van der Waals surface area contributed by atoms with Crippen LogP contribution in [-0.4, -0.2) is 12.1 Å². The number of halogens is 2. The van der Waals surface area contributed by atoms with Crippen LogP contribution in [0.2, 0.25) is 0 Å². The number of nitrogens with zero attached hydrogens (tertiary/aromatic N) is 1. The molecule has 0 saturated heterocycles. The van der Waals surface area contributed by atoms with Crippen LogP contribution in [0.25, 0.3) is 11.3 Å². The van der Waals surface area contributed by atoms with Gasteiger partial charge in [-0.2, -0.15) is 0 Å². The molecule has 0 atom stereocenters. The Morgan fingerprint density at radius 3 is 2.47 bits per heavy atom. The molecule has 17 heavy (non-hydrogen) atoms. The molecule has 0 aliphatic rings. The Bertz CT molecular complexity index is 463. The highest BCUT2D eigenvalue weighted by molar-refractivity contribution is 5.85. The lowest BCUT2D eigenvalue weighted by atomic mass is 10.1. The van der Waals surface area contributed by atoms with Crippen molar-refractivity contribution in [2.24, 2.45) is 0 Å². The Morgan fingerprint density at radius 2 is 1.88 bits per heavy atom. The predicted molar refractivity (Wildman–Crippen MR) is 75.1 cm³/mol. The van der Waals surface area contributed by atoms with Gasteiger partial charge in [-0.05, 0) is 24.3 Å². The second kappa shape index (κ2) is 6.99. The lowest BCUT2D eigenvalue weighted by Gasteiger charge is -2.06. The van der Waals surface area contributed by atoms with Crippen LogP contribution in [0.1, 0.15) is 0 Å². The zero-order chi connectivity index (χ0) is 10.7. The van der Waals surface area contributed by atoms with E-state index >= 15 is 0 Å². The van der Waals surface area contributed by atoms with Gasteiger partial charge in [0.1, 0.15) is 5.75 Å². The maximum absolute atomic E-state index is 5.73. The summed E-state index contributed by atoms with van der Waals surface area (Å²) in [5.74, 6) is 0.679. The number of hydrogen-bond donors (Lipinski definition) is 1. The van der Waals surface area contributed by atoms with Gasteiger partial charge in [-0.3, -0.25) is 4.98 Å². The summed E-state index contributed by atoms with van der Waals surface area (Å²) in [7, 11) is 1.61. The molecule has 0 unspecified atom stereocenters. The van der Waals surface area contributed by atoms with Crippen LogP contribution in [0, 0.1) is 0 Å². The summed E-state index contributed by atoms with van der Waals surface area (Å²) in [5, 5.41) is 0. The van der Waals surface area contributed by atoms with Crippen molar-refractivity contribution in [3.05, 3.63) is 42.6 Å². The summed E-state index contributed by atoms with van der Waals surface area (Å²) in [4.78, 5) is 4.26. The molecule has 3 nitrogen and oxygen atoms in total. The molecule has 2 aromatic rings. The number of ether oxygens (including phenoxy) is 1. The maximum Gasteiger partial charge on any atom is 0.142 e. The Hall–Kier alpha value is -1.45. The quantitative estimate of drug-likeness (QED) is 0.855. The Labute approximate surface area is 113 Å². The zero-order valence-electron chi connectivity index (χ0n) is 9.29. The first-order valence-electron chi connectivity index (χ1n) is 4.66. The average Bonchev–Trinajstić information content (AvgIpc) is 2.31. The number of aromatic nitrogens is 1. The van der Waals surface area contributed by atoms with Crippen molar-refractivity contribution in [1.82, 2.24) is 4.98 Å². The first-order valence-corrected chi connectivity index (χ1v) is 4.66. The third-order valence-corrected chi connectivity index (χ3v) is 2.19. The van der Waals surface area contributed by atoms with E-state index in [0.29, 0.717) is 11.4 Å². The monoisotopic (exact) mass is 272 g/mol. The molecule has 1 aromatic carbocycles. The highest BCUT2D eigenvalue weighted by atomic mass is 35.5. The number of pyridine rings is 1. The minimum absolute atomic E-state index is 0. The molecule has 92 valence electrons. The third kappa shape index (κ3) is 3.51. The lowest BCUT2D eigenvalue weighted by Crippen LogP contribution is -1.92. The van der Waals surface area contributed by atoms with Crippen LogP contribution in [0.4, 0.5) is 5.69 Å². The van der Waals surface area contributed by atoms with Crippen molar-refractivity contribution in [1.29, 1.82) is 0 Å². The number of benzene rings is 1. The maximum atomic E-state index is 5.73. The van der Waals surface area contributed by atoms with Crippen LogP contribution in [-0.2, 0) is 0 Å². The molecule has 0 aliphatic carbocycles. The van der Waals surface area contributed by atoms with Crippen molar-refractivity contribution >= 4 is 30.5 Å². The summed E-state index contributed by atoms with van der Waals surface area (Å²) < 4.78 is 5.15. The van der Waals surface area contributed by atoms with Gasteiger partial charge in [0, 0.05) is 11.8 Å². The standard InChI is InChI=1S/C12H12N2O.2ClH/c1-15-12-8-9(5-6-10(12)13)11-4-2-3-7-14-11;;/h2-8H,13H2,1H3;2*1H. The summed E-state index contributed by atoms with van der Waals surface area (Å²) in [6.45, 7) is 0. The number of nitrogen functional groups attached to an aromatic ring is 1. The van der Waals surface area contributed by atoms with E-state index in [1.54, 1.807) is 13.3 Å². The summed E-state index contributed by atoms with van der Waals surface area (Å²) in [6.07, 6.45) is 1.76. The molecule has 0 fully saturated rings. The molecule has 5 heteroatoms. The van der Waals surface area contributed by atoms with Gasteiger partial charge in [-0.15, -0.1) is 24.8 Å². The van der Waals surface area contributed by atoms with E-state index in [1.807, 2.05) is 36.4 Å². The van der Waals surface area contributed by atoms with Crippen molar-refractivity contribution in [3.8, 4) is 17.0 Å². The Balaban J connectivity index is 0.00000128. The molecule has 0 saturated carbocycles. The molecule has 0 amide bonds. The second-order valence-electron chi connectivity index (χ2n) is 3.17. The fraction of sp³-hybridized carbons (Fsp3) is 0.0833. The molecule has 1 heterocycles. The van der Waals surface area contributed by atoms with Gasteiger partial charge in [0.15, 0.2) is 0 Å². The molecule has 2 rings (SSSR count). The van der Waals surface area contributed by atoms with Crippen molar-refractivity contribution in [2.75, 3.05) is 12.8 Å². The van der Waals surface area contributed by atoms with Gasteiger partial charge in [0.25, 0.3) is 0 Å². The lowest BCUT2D eigenvalue weighted by molar-refractivity contribution is 0.417. The number of hydrogen-bond acceptors (Lipinski definition) is 3. The normalized spacial score (nSPS) is 8.76. The SMILES string of the molecule is COc1cc(-c2ccccn2)ccc1N.Cl.Cl. The molecule has 0 aliphatic heterocycles. The van der Waals surface area contributed by atoms with E-state index < -0.39 is 0 Å². The largest absolute Gasteiger partial charge is 0.495 e. The molecule has 2 N–H and O–H groups in total. The van der Waals surface area contributed by atoms with E-state index in [-0.39, 0.29) is 24.8 Å². The fourth-order valence-corrected chi connectivity index (χ4v) is 1.40. The number of methoxy groups -OCH3 is 1. The first-order chi connectivity index (χ1) is 7.31. The molecular formula is C12H14Cl2N2O. The summed E-state index contributed by atoms with van der Waals surface area (Å²) in [6, 6.07) is 11.4. The van der Waals surface area contributed by atoms with Gasteiger partial charge in [0.05, 0.1) is 18.5 Å². The van der Waals surface area contributed by atoms with Gasteiger partial charge < -0.3 is 10.5 Å². The van der Waals surface area contributed by atoms with E-state index in [9.17, 15) is 0 Å².